The Morgan fingerprint density at radius 3 is 2.77 bits per heavy atom. The van der Waals surface area contributed by atoms with Crippen molar-refractivity contribution in [2.24, 2.45) is 10.7 Å². The summed E-state index contributed by atoms with van der Waals surface area (Å²) in [5.41, 5.74) is 8.91. The molecule has 1 aliphatic heterocycles. The van der Waals surface area contributed by atoms with E-state index >= 15 is 0 Å². The van der Waals surface area contributed by atoms with Crippen LogP contribution >= 0.6 is 22.9 Å². The van der Waals surface area contributed by atoms with Gasteiger partial charge in [0.15, 0.2) is 0 Å². The molecule has 2 heterocycles. The van der Waals surface area contributed by atoms with Gasteiger partial charge >= 0.3 is 0 Å². The molecular formula is C18H19ClN4O2S. The first-order valence-corrected chi connectivity index (χ1v) is 9.31. The zero-order valence-electron chi connectivity index (χ0n) is 14.2. The molecule has 0 saturated carbocycles. The smallest absolute Gasteiger partial charge is 0.249 e. The third-order valence-corrected chi connectivity index (χ3v) is 5.60. The Labute approximate surface area is 160 Å². The van der Waals surface area contributed by atoms with Crippen LogP contribution in [-0.2, 0) is 11.4 Å². The topological polar surface area (TPSA) is 101 Å². The summed E-state index contributed by atoms with van der Waals surface area (Å²) in [5, 5.41) is 13.6. The van der Waals surface area contributed by atoms with Gasteiger partial charge in [0.05, 0.1) is 28.9 Å². The number of thiazole rings is 1. The van der Waals surface area contributed by atoms with Crippen molar-refractivity contribution in [2.45, 2.75) is 26.0 Å². The van der Waals surface area contributed by atoms with Gasteiger partial charge in [-0.05, 0) is 24.6 Å². The Balaban J connectivity index is 1.65. The number of nitrogens with zero attached hydrogens (tertiary/aromatic N) is 2. The maximum atomic E-state index is 12.6. The molecule has 0 fully saturated rings. The van der Waals surface area contributed by atoms with Gasteiger partial charge in [-0.25, -0.2) is 4.98 Å². The summed E-state index contributed by atoms with van der Waals surface area (Å²) in [7, 11) is 0. The number of aromatic nitrogens is 1. The molecule has 8 heteroatoms. The van der Waals surface area contributed by atoms with Gasteiger partial charge in [0.25, 0.3) is 0 Å². The van der Waals surface area contributed by atoms with Crippen LogP contribution in [-0.4, -0.2) is 28.3 Å². The van der Waals surface area contributed by atoms with Crippen molar-refractivity contribution in [3.05, 3.63) is 62.2 Å². The largest absolute Gasteiger partial charge is 0.391 e. The van der Waals surface area contributed by atoms with Gasteiger partial charge in [-0.1, -0.05) is 23.7 Å². The van der Waals surface area contributed by atoms with E-state index < -0.39 is 6.04 Å². The Morgan fingerprint density at radius 2 is 2.15 bits per heavy atom. The monoisotopic (exact) mass is 390 g/mol. The van der Waals surface area contributed by atoms with Gasteiger partial charge in [0.1, 0.15) is 5.01 Å². The second-order valence-electron chi connectivity index (χ2n) is 5.89. The first-order valence-electron chi connectivity index (χ1n) is 8.11. The first kappa shape index (κ1) is 18.7. The van der Waals surface area contributed by atoms with Crippen molar-refractivity contribution in [2.75, 3.05) is 6.54 Å². The molecule has 3 rings (SSSR count). The zero-order valence-corrected chi connectivity index (χ0v) is 15.8. The zero-order chi connectivity index (χ0) is 18.7. The number of aliphatic imine (C=N–C) groups is 1. The molecule has 1 aromatic heterocycles. The van der Waals surface area contributed by atoms with Gasteiger partial charge in [-0.2, -0.15) is 0 Å². The number of carbonyl (C=O) groups excluding carboxylic acids is 1. The van der Waals surface area contributed by atoms with Crippen molar-refractivity contribution < 1.29 is 9.90 Å². The minimum absolute atomic E-state index is 0.0712. The number of rotatable bonds is 6. The maximum Gasteiger partial charge on any atom is 0.249 e. The third kappa shape index (κ3) is 4.02. The fourth-order valence-electron chi connectivity index (χ4n) is 2.60. The molecule has 1 amide bonds. The van der Waals surface area contributed by atoms with Crippen LogP contribution in [0.3, 0.4) is 0 Å². The molecule has 6 nitrogen and oxygen atoms in total. The summed E-state index contributed by atoms with van der Waals surface area (Å²) in [5.74, 6) is -0.216. The van der Waals surface area contributed by atoms with Crippen LogP contribution in [0.15, 0.2) is 41.0 Å². The molecule has 136 valence electrons. The molecule has 1 atom stereocenters. The number of hydrogen-bond donors (Lipinski definition) is 3. The van der Waals surface area contributed by atoms with E-state index in [4.69, 9.17) is 17.3 Å². The lowest BCUT2D eigenvalue weighted by Gasteiger charge is -2.14. The second kappa shape index (κ2) is 8.09. The molecule has 0 spiro atoms. The number of benzene rings is 1. The van der Waals surface area contributed by atoms with Crippen molar-refractivity contribution >= 4 is 34.6 Å². The molecule has 0 radical (unpaired) electrons. The number of amides is 1. The highest BCUT2D eigenvalue weighted by atomic mass is 35.5. The molecule has 0 bridgehead atoms. The van der Waals surface area contributed by atoms with Gasteiger partial charge in [-0.15, -0.1) is 11.3 Å². The van der Waals surface area contributed by atoms with E-state index in [0.717, 1.165) is 21.8 Å². The Morgan fingerprint density at radius 1 is 1.42 bits per heavy atom. The molecule has 1 aliphatic rings. The van der Waals surface area contributed by atoms with Crippen LogP contribution in [0.5, 0.6) is 0 Å². The van der Waals surface area contributed by atoms with Gasteiger partial charge in [0.2, 0.25) is 5.91 Å². The average molecular weight is 391 g/mol. The Hall–Kier alpha value is -2.06. The van der Waals surface area contributed by atoms with E-state index in [2.05, 4.69) is 15.3 Å². The van der Waals surface area contributed by atoms with E-state index in [-0.39, 0.29) is 19.1 Å². The summed E-state index contributed by atoms with van der Waals surface area (Å²) < 4.78 is 0. The molecule has 2 aromatic rings. The summed E-state index contributed by atoms with van der Waals surface area (Å²) in [6, 6.07) is 6.96. The quantitative estimate of drug-likeness (QED) is 0.705. The van der Waals surface area contributed by atoms with Gasteiger partial charge in [-0.3, -0.25) is 9.79 Å². The fourth-order valence-corrected chi connectivity index (χ4v) is 3.72. The Bertz CT molecular complexity index is 874. The third-order valence-electron chi connectivity index (χ3n) is 4.10. The lowest BCUT2D eigenvalue weighted by Crippen LogP contribution is -2.34. The summed E-state index contributed by atoms with van der Waals surface area (Å²) in [6.45, 7) is 1.98. The average Bonchev–Trinajstić information content (AvgIpc) is 3.27. The lowest BCUT2D eigenvalue weighted by atomic mass is 10.0. The van der Waals surface area contributed by atoms with Crippen LogP contribution in [0.4, 0.5) is 0 Å². The highest BCUT2D eigenvalue weighted by Gasteiger charge is 2.23. The van der Waals surface area contributed by atoms with Crippen molar-refractivity contribution in [3.63, 3.8) is 0 Å². The molecule has 26 heavy (non-hydrogen) atoms. The summed E-state index contributed by atoms with van der Waals surface area (Å²) in [6.07, 6.45) is 2.03. The molecule has 1 unspecified atom stereocenters. The number of nitrogens with one attached hydrogen (secondary N) is 1. The highest BCUT2D eigenvalue weighted by molar-refractivity contribution is 7.11. The number of aliphatic hydroxyl groups is 1. The van der Waals surface area contributed by atoms with Crippen LogP contribution in [0, 0.1) is 6.92 Å². The summed E-state index contributed by atoms with van der Waals surface area (Å²) in [4.78, 5) is 22.1. The Kier molecular flexibility index (Phi) is 5.83. The van der Waals surface area contributed by atoms with Gasteiger partial charge < -0.3 is 16.2 Å². The second-order valence-corrected chi connectivity index (χ2v) is 7.45. The highest BCUT2D eigenvalue weighted by Crippen LogP contribution is 2.25. The van der Waals surface area contributed by atoms with Crippen LogP contribution < -0.4 is 11.1 Å². The predicted octanol–water partition coefficient (Wildman–Crippen LogP) is 2.49. The van der Waals surface area contributed by atoms with E-state index in [9.17, 15) is 9.90 Å². The molecule has 1 aromatic carbocycles. The number of halogens is 1. The number of aryl methyl sites for hydroxylation is 1. The number of carbonyl (C=O) groups is 1. The minimum atomic E-state index is -0.396. The number of hydrogen-bond acceptors (Lipinski definition) is 6. The van der Waals surface area contributed by atoms with Crippen LogP contribution in [0.1, 0.15) is 33.6 Å². The fraction of sp³-hybridized carbons (Fsp3) is 0.278. The first-order chi connectivity index (χ1) is 12.5. The van der Waals surface area contributed by atoms with Crippen molar-refractivity contribution in [3.8, 4) is 0 Å². The van der Waals surface area contributed by atoms with E-state index in [0.29, 0.717) is 22.0 Å². The molecular weight excluding hydrogens is 372 g/mol. The minimum Gasteiger partial charge on any atom is -0.391 e. The van der Waals surface area contributed by atoms with Gasteiger partial charge in [0, 0.05) is 29.8 Å². The normalized spacial score (nSPS) is 14.8. The lowest BCUT2D eigenvalue weighted by molar-refractivity contribution is -0.118. The molecule has 4 N–H and O–H groups in total. The van der Waals surface area contributed by atoms with Crippen molar-refractivity contribution in [1.29, 1.82) is 0 Å². The van der Waals surface area contributed by atoms with E-state index in [1.807, 2.05) is 19.1 Å². The standard InChI is InChI=1S/C18H19ClN4O2S/c1-10-16(9-24)26-18(22-10)15(7-20)23-17(25)12-6-14(21-8-12)11-2-4-13(19)5-3-11/h2-5,8,15,24H,6-7,9,20H2,1H3,(H,23,25). The van der Waals surface area contributed by atoms with Crippen LogP contribution in [0.2, 0.25) is 5.02 Å². The van der Waals surface area contributed by atoms with E-state index in [1.165, 1.54) is 11.3 Å². The number of nitrogens with two attached hydrogens (primary N) is 1. The van der Waals surface area contributed by atoms with Crippen molar-refractivity contribution in [1.82, 2.24) is 10.3 Å². The SMILES string of the molecule is Cc1nc(C(CN)NC(=O)C2=CN=C(c3ccc(Cl)cc3)C2)sc1CO. The van der Waals surface area contributed by atoms with Crippen LogP contribution in [0.25, 0.3) is 0 Å². The summed E-state index contributed by atoms with van der Waals surface area (Å²) >= 11 is 7.26. The number of aliphatic hydroxyl groups excluding tert-OH is 1. The van der Waals surface area contributed by atoms with E-state index in [1.54, 1.807) is 18.3 Å². The maximum absolute atomic E-state index is 12.6. The molecule has 0 aliphatic carbocycles. The predicted molar refractivity (Wildman–Crippen MR) is 103 cm³/mol. The molecule has 0 saturated heterocycles.